The van der Waals surface area contributed by atoms with Gasteiger partial charge >= 0.3 is 0 Å². The van der Waals surface area contributed by atoms with Gasteiger partial charge in [-0.3, -0.25) is 0 Å². The first-order chi connectivity index (χ1) is 10.2. The first kappa shape index (κ1) is 13.6. The fourth-order valence-electron chi connectivity index (χ4n) is 1.92. The molecule has 0 amide bonds. The minimum absolute atomic E-state index is 0.0478. The Kier molecular flexibility index (Phi) is 3.58. The Labute approximate surface area is 125 Å². The van der Waals surface area contributed by atoms with Crippen LogP contribution in [0.1, 0.15) is 0 Å². The average molecular weight is 303 g/mol. The van der Waals surface area contributed by atoms with Gasteiger partial charge in [0.25, 0.3) is 0 Å². The van der Waals surface area contributed by atoms with Gasteiger partial charge in [0.1, 0.15) is 17.9 Å². The van der Waals surface area contributed by atoms with Crippen LogP contribution >= 0.6 is 11.6 Å². The standard InChI is InChI=1S/C15H10ClFN3O/c1-21-9-5-6-10-13(7-9)18-8-19-15(10)20-12-4-2-3-11(16)14(12)17/h2-4,6-8H,1H3,(H,18,19,20). The molecule has 0 spiro atoms. The summed E-state index contributed by atoms with van der Waals surface area (Å²) in [6.07, 6.45) is 1.40. The number of methoxy groups -OCH3 is 1. The smallest absolute Gasteiger partial charge is 0.165 e. The van der Waals surface area contributed by atoms with Crippen LogP contribution in [0, 0.1) is 11.9 Å². The van der Waals surface area contributed by atoms with Crippen molar-refractivity contribution in [3.63, 3.8) is 0 Å². The van der Waals surface area contributed by atoms with E-state index in [-0.39, 0.29) is 10.7 Å². The van der Waals surface area contributed by atoms with Gasteiger partial charge in [-0.15, -0.1) is 0 Å². The van der Waals surface area contributed by atoms with E-state index in [2.05, 4.69) is 21.4 Å². The second-order valence-electron chi connectivity index (χ2n) is 4.25. The molecule has 0 bridgehead atoms. The monoisotopic (exact) mass is 302 g/mol. The summed E-state index contributed by atoms with van der Waals surface area (Å²) in [5.41, 5.74) is 0.920. The van der Waals surface area contributed by atoms with Crippen molar-refractivity contribution in [3.05, 3.63) is 53.6 Å². The SMILES string of the molecule is COc1[c]cc2c(Nc3cccc(Cl)c3F)ncnc2c1. The van der Waals surface area contributed by atoms with Crippen molar-refractivity contribution < 1.29 is 9.13 Å². The van der Waals surface area contributed by atoms with Crippen molar-refractivity contribution in [1.82, 2.24) is 9.97 Å². The first-order valence-electron chi connectivity index (χ1n) is 6.10. The van der Waals surface area contributed by atoms with Crippen molar-refractivity contribution in [2.24, 2.45) is 0 Å². The molecule has 3 rings (SSSR count). The summed E-state index contributed by atoms with van der Waals surface area (Å²) >= 11 is 5.77. The van der Waals surface area contributed by atoms with Crippen molar-refractivity contribution in [2.45, 2.75) is 0 Å². The maximum Gasteiger partial charge on any atom is 0.165 e. The van der Waals surface area contributed by atoms with Crippen LogP contribution in [0.5, 0.6) is 5.75 Å². The van der Waals surface area contributed by atoms with E-state index in [0.717, 1.165) is 0 Å². The Hall–Kier alpha value is -2.40. The number of fused-ring (bicyclic) bond motifs is 1. The number of benzene rings is 2. The molecule has 0 fully saturated rings. The summed E-state index contributed by atoms with van der Waals surface area (Å²) in [5.74, 6) is 0.518. The summed E-state index contributed by atoms with van der Waals surface area (Å²) < 4.78 is 19.0. The predicted molar refractivity (Wildman–Crippen MR) is 79.6 cm³/mol. The lowest BCUT2D eigenvalue weighted by Gasteiger charge is -2.10. The number of nitrogens with zero attached hydrogens (tertiary/aromatic N) is 2. The molecule has 0 aliphatic rings. The van der Waals surface area contributed by atoms with Crippen LogP contribution < -0.4 is 10.1 Å². The fourth-order valence-corrected chi connectivity index (χ4v) is 2.10. The van der Waals surface area contributed by atoms with Crippen molar-refractivity contribution in [1.29, 1.82) is 0 Å². The van der Waals surface area contributed by atoms with Crippen LogP contribution in [-0.2, 0) is 0 Å². The molecule has 0 atom stereocenters. The van der Waals surface area contributed by atoms with E-state index < -0.39 is 5.82 Å². The van der Waals surface area contributed by atoms with Gasteiger partial charge in [0, 0.05) is 17.5 Å². The van der Waals surface area contributed by atoms with Gasteiger partial charge in [-0.25, -0.2) is 14.4 Å². The summed E-state index contributed by atoms with van der Waals surface area (Å²) in [6.45, 7) is 0. The molecule has 0 saturated carbocycles. The second-order valence-corrected chi connectivity index (χ2v) is 4.66. The lowest BCUT2D eigenvalue weighted by molar-refractivity contribution is 0.414. The van der Waals surface area contributed by atoms with Gasteiger partial charge in [0.2, 0.25) is 0 Å². The zero-order valence-corrected chi connectivity index (χ0v) is 11.8. The van der Waals surface area contributed by atoms with Gasteiger partial charge in [-0.1, -0.05) is 17.7 Å². The predicted octanol–water partition coefficient (Wildman–Crippen LogP) is 3.97. The highest BCUT2D eigenvalue weighted by molar-refractivity contribution is 6.31. The molecule has 6 heteroatoms. The van der Waals surface area contributed by atoms with E-state index in [1.807, 2.05) is 0 Å². The molecule has 0 unspecified atom stereocenters. The molecule has 1 N–H and O–H groups in total. The van der Waals surface area contributed by atoms with Crippen LogP contribution in [0.4, 0.5) is 15.9 Å². The number of anilines is 2. The highest BCUT2D eigenvalue weighted by atomic mass is 35.5. The molecule has 0 saturated heterocycles. The van der Waals surface area contributed by atoms with Gasteiger partial charge in [-0.2, -0.15) is 0 Å². The van der Waals surface area contributed by atoms with Gasteiger partial charge in [0.05, 0.1) is 23.3 Å². The third-order valence-corrected chi connectivity index (χ3v) is 3.26. The average Bonchev–Trinajstić information content (AvgIpc) is 2.51. The lowest BCUT2D eigenvalue weighted by atomic mass is 10.2. The molecule has 4 nitrogen and oxygen atoms in total. The summed E-state index contributed by atoms with van der Waals surface area (Å²) in [4.78, 5) is 8.30. The van der Waals surface area contributed by atoms with Crippen molar-refractivity contribution in [3.8, 4) is 5.75 Å². The number of nitrogens with one attached hydrogen (secondary N) is 1. The molecule has 21 heavy (non-hydrogen) atoms. The van der Waals surface area contributed by atoms with E-state index in [0.29, 0.717) is 22.5 Å². The number of ether oxygens (including phenoxy) is 1. The molecule has 0 aliphatic heterocycles. The Bertz CT molecular complexity index is 810. The second kappa shape index (κ2) is 5.54. The third-order valence-electron chi connectivity index (χ3n) is 2.97. The van der Waals surface area contributed by atoms with Gasteiger partial charge in [-0.05, 0) is 18.2 Å². The van der Waals surface area contributed by atoms with Crippen LogP contribution in [0.3, 0.4) is 0 Å². The molecule has 3 aromatic rings. The zero-order chi connectivity index (χ0) is 14.8. The number of rotatable bonds is 3. The Morgan fingerprint density at radius 1 is 1.33 bits per heavy atom. The highest BCUT2D eigenvalue weighted by Crippen LogP contribution is 2.28. The minimum atomic E-state index is -0.525. The molecule has 2 aromatic carbocycles. The number of halogens is 2. The maximum absolute atomic E-state index is 13.9. The number of hydrogen-bond acceptors (Lipinski definition) is 4. The van der Waals surface area contributed by atoms with Crippen molar-refractivity contribution >= 4 is 34.0 Å². The molecule has 105 valence electrons. The summed E-state index contributed by atoms with van der Waals surface area (Å²) in [7, 11) is 1.55. The van der Waals surface area contributed by atoms with E-state index in [9.17, 15) is 4.39 Å². The van der Waals surface area contributed by atoms with Crippen LogP contribution in [0.25, 0.3) is 10.9 Å². The molecule has 0 aliphatic carbocycles. The third kappa shape index (κ3) is 2.60. The lowest BCUT2D eigenvalue weighted by Crippen LogP contribution is -1.98. The quantitative estimate of drug-likeness (QED) is 0.795. The minimum Gasteiger partial charge on any atom is -0.496 e. The Morgan fingerprint density at radius 2 is 2.19 bits per heavy atom. The molecule has 1 heterocycles. The maximum atomic E-state index is 13.9. The van der Waals surface area contributed by atoms with Crippen LogP contribution in [0.2, 0.25) is 5.02 Å². The highest BCUT2D eigenvalue weighted by Gasteiger charge is 2.10. The van der Waals surface area contributed by atoms with E-state index in [1.165, 1.54) is 12.4 Å². The van der Waals surface area contributed by atoms with Crippen molar-refractivity contribution in [2.75, 3.05) is 12.4 Å². The molecule has 1 aromatic heterocycles. The molecule has 1 radical (unpaired) electrons. The summed E-state index contributed by atoms with van der Waals surface area (Å²) in [6, 6.07) is 11.1. The number of aromatic nitrogens is 2. The molecular formula is C15H10ClFN3O. The van der Waals surface area contributed by atoms with E-state index >= 15 is 0 Å². The Balaban J connectivity index is 2.06. The van der Waals surface area contributed by atoms with E-state index in [4.69, 9.17) is 16.3 Å². The van der Waals surface area contributed by atoms with Gasteiger partial charge in [0.15, 0.2) is 5.82 Å². The van der Waals surface area contributed by atoms with E-state index in [1.54, 1.807) is 31.4 Å². The Morgan fingerprint density at radius 3 is 3.00 bits per heavy atom. The first-order valence-corrected chi connectivity index (χ1v) is 6.48. The fraction of sp³-hybridized carbons (Fsp3) is 0.0667. The van der Waals surface area contributed by atoms with Crippen LogP contribution in [0.15, 0.2) is 36.7 Å². The normalized spacial score (nSPS) is 10.6. The number of hydrogen-bond donors (Lipinski definition) is 1. The summed E-state index contributed by atoms with van der Waals surface area (Å²) in [5, 5.41) is 3.68. The topological polar surface area (TPSA) is 47.0 Å². The van der Waals surface area contributed by atoms with Gasteiger partial charge < -0.3 is 10.1 Å². The zero-order valence-electron chi connectivity index (χ0n) is 11.0. The van der Waals surface area contributed by atoms with Crippen LogP contribution in [-0.4, -0.2) is 17.1 Å². The largest absolute Gasteiger partial charge is 0.496 e. The molecular weight excluding hydrogens is 293 g/mol.